The van der Waals surface area contributed by atoms with Crippen LogP contribution in [0.1, 0.15) is 18.9 Å². The Morgan fingerprint density at radius 2 is 1.90 bits per heavy atom. The van der Waals surface area contributed by atoms with Crippen molar-refractivity contribution in [3.05, 3.63) is 42.0 Å². The van der Waals surface area contributed by atoms with Gasteiger partial charge in [0.15, 0.2) is 0 Å². The number of phenolic OH excluding ortho intramolecular Hbond substituents is 1. The van der Waals surface area contributed by atoms with Crippen LogP contribution in [0.5, 0.6) is 5.75 Å². The summed E-state index contributed by atoms with van der Waals surface area (Å²) in [6.07, 6.45) is 1.03. The van der Waals surface area contributed by atoms with Gasteiger partial charge in [0.1, 0.15) is 5.75 Å². The number of fused-ring (bicyclic) bond motifs is 1. The minimum Gasteiger partial charge on any atom is -0.507 e. The van der Waals surface area contributed by atoms with Gasteiger partial charge < -0.3 is 10.0 Å². The summed E-state index contributed by atoms with van der Waals surface area (Å²) >= 11 is 0. The molecule has 0 saturated carbocycles. The molecule has 0 amide bonds. The molecule has 3 heteroatoms. The van der Waals surface area contributed by atoms with Crippen molar-refractivity contribution in [2.24, 2.45) is 4.99 Å². The first-order chi connectivity index (χ1) is 9.59. The van der Waals surface area contributed by atoms with Crippen LogP contribution in [0.15, 0.2) is 41.4 Å². The van der Waals surface area contributed by atoms with Gasteiger partial charge in [0, 0.05) is 23.2 Å². The maximum absolute atomic E-state index is 10.4. The summed E-state index contributed by atoms with van der Waals surface area (Å²) in [7, 11) is 4.12. The van der Waals surface area contributed by atoms with Crippen molar-refractivity contribution in [1.82, 2.24) is 4.90 Å². The van der Waals surface area contributed by atoms with E-state index in [0.29, 0.717) is 5.75 Å². The van der Waals surface area contributed by atoms with Crippen LogP contribution >= 0.6 is 0 Å². The molecule has 0 spiro atoms. The van der Waals surface area contributed by atoms with Crippen LogP contribution < -0.4 is 0 Å². The van der Waals surface area contributed by atoms with Crippen molar-refractivity contribution >= 4 is 16.5 Å². The van der Waals surface area contributed by atoms with E-state index < -0.39 is 0 Å². The van der Waals surface area contributed by atoms with Crippen LogP contribution in [0.2, 0.25) is 0 Å². The monoisotopic (exact) mass is 270 g/mol. The number of hydrogen-bond acceptors (Lipinski definition) is 3. The Morgan fingerprint density at radius 1 is 1.15 bits per heavy atom. The van der Waals surface area contributed by atoms with Crippen molar-refractivity contribution in [3.63, 3.8) is 0 Å². The summed E-state index contributed by atoms with van der Waals surface area (Å²) in [5.74, 6) is 0.331. The van der Waals surface area contributed by atoms with E-state index in [9.17, 15) is 5.11 Å². The van der Waals surface area contributed by atoms with Crippen molar-refractivity contribution < 1.29 is 5.11 Å². The molecular weight excluding hydrogens is 248 g/mol. The maximum atomic E-state index is 10.4. The zero-order valence-electron chi connectivity index (χ0n) is 12.4. The molecule has 3 nitrogen and oxygen atoms in total. The molecular formula is C17H22N2O. The highest BCUT2D eigenvalue weighted by Gasteiger charge is 2.08. The fourth-order valence-corrected chi connectivity index (χ4v) is 2.27. The van der Waals surface area contributed by atoms with E-state index in [-0.39, 0.29) is 0 Å². The summed E-state index contributed by atoms with van der Waals surface area (Å²) < 4.78 is 0. The molecule has 0 fully saturated rings. The average molecular weight is 270 g/mol. The van der Waals surface area contributed by atoms with Gasteiger partial charge in [0.25, 0.3) is 0 Å². The van der Waals surface area contributed by atoms with Gasteiger partial charge in [-0.05, 0) is 45.4 Å². The number of nitrogens with zero attached hydrogens (tertiary/aromatic N) is 2. The summed E-state index contributed by atoms with van der Waals surface area (Å²) in [5.41, 5.74) is 1.72. The smallest absolute Gasteiger partial charge is 0.132 e. The predicted molar refractivity (Wildman–Crippen MR) is 85.9 cm³/mol. The van der Waals surface area contributed by atoms with E-state index in [1.807, 2.05) is 43.3 Å². The Kier molecular flexibility index (Phi) is 4.74. The second kappa shape index (κ2) is 6.53. The number of aliphatic imine (C=N–C) groups is 1. The quantitative estimate of drug-likeness (QED) is 0.668. The molecule has 1 N–H and O–H groups in total. The average Bonchev–Trinajstić information content (AvgIpc) is 2.44. The number of aromatic hydroxyl groups is 1. The Labute approximate surface area is 120 Å². The van der Waals surface area contributed by atoms with Crippen molar-refractivity contribution in [2.45, 2.75) is 13.3 Å². The molecule has 0 saturated heterocycles. The van der Waals surface area contributed by atoms with Gasteiger partial charge in [0.05, 0.1) is 0 Å². The third-order valence-corrected chi connectivity index (χ3v) is 3.40. The van der Waals surface area contributed by atoms with Gasteiger partial charge in [-0.3, -0.25) is 4.99 Å². The Hall–Kier alpha value is -1.87. The van der Waals surface area contributed by atoms with E-state index in [1.54, 1.807) is 0 Å². The number of benzene rings is 2. The van der Waals surface area contributed by atoms with E-state index in [2.05, 4.69) is 24.0 Å². The lowest BCUT2D eigenvalue weighted by molar-refractivity contribution is 0.403. The third kappa shape index (κ3) is 3.36. The van der Waals surface area contributed by atoms with E-state index in [1.165, 1.54) is 0 Å². The lowest BCUT2D eigenvalue weighted by atomic mass is 10.0. The van der Waals surface area contributed by atoms with E-state index in [4.69, 9.17) is 0 Å². The lowest BCUT2D eigenvalue weighted by Gasteiger charge is -2.09. The molecule has 0 heterocycles. The molecule has 0 unspecified atom stereocenters. The predicted octanol–water partition coefficient (Wildman–Crippen LogP) is 3.31. The zero-order chi connectivity index (χ0) is 14.5. The van der Waals surface area contributed by atoms with Gasteiger partial charge >= 0.3 is 0 Å². The fourth-order valence-electron chi connectivity index (χ4n) is 2.27. The van der Waals surface area contributed by atoms with Crippen LogP contribution in [0.3, 0.4) is 0 Å². The summed E-state index contributed by atoms with van der Waals surface area (Å²) in [6, 6.07) is 11.8. The van der Waals surface area contributed by atoms with Crippen LogP contribution in [-0.2, 0) is 0 Å². The first kappa shape index (κ1) is 14.5. The highest BCUT2D eigenvalue weighted by molar-refractivity contribution is 6.06. The van der Waals surface area contributed by atoms with Crippen molar-refractivity contribution in [2.75, 3.05) is 27.2 Å². The second-order valence-electron chi connectivity index (χ2n) is 5.31. The van der Waals surface area contributed by atoms with Gasteiger partial charge in [-0.25, -0.2) is 0 Å². The van der Waals surface area contributed by atoms with E-state index >= 15 is 0 Å². The van der Waals surface area contributed by atoms with Crippen molar-refractivity contribution in [3.8, 4) is 5.75 Å². The van der Waals surface area contributed by atoms with Crippen LogP contribution in [0.4, 0.5) is 0 Å². The van der Waals surface area contributed by atoms with Crippen LogP contribution in [0, 0.1) is 0 Å². The highest BCUT2D eigenvalue weighted by Crippen LogP contribution is 2.28. The number of phenols is 1. The molecule has 0 atom stereocenters. The van der Waals surface area contributed by atoms with Gasteiger partial charge in [-0.1, -0.05) is 30.3 Å². The number of hydrogen-bond donors (Lipinski definition) is 1. The summed E-state index contributed by atoms with van der Waals surface area (Å²) in [5, 5.41) is 12.3. The molecule has 20 heavy (non-hydrogen) atoms. The number of rotatable bonds is 5. The second-order valence-corrected chi connectivity index (χ2v) is 5.31. The van der Waals surface area contributed by atoms with Crippen LogP contribution in [0.25, 0.3) is 10.8 Å². The highest BCUT2D eigenvalue weighted by atomic mass is 16.3. The molecule has 2 aromatic carbocycles. The molecule has 106 valence electrons. The first-order valence-electron chi connectivity index (χ1n) is 6.96. The minimum absolute atomic E-state index is 0.331. The molecule has 0 aromatic heterocycles. The normalized spacial score (nSPS) is 12.3. The zero-order valence-corrected chi connectivity index (χ0v) is 12.4. The summed E-state index contributed by atoms with van der Waals surface area (Å²) in [6.45, 7) is 3.77. The Balaban J connectivity index is 2.19. The molecule has 0 aliphatic rings. The molecule has 2 rings (SSSR count). The Morgan fingerprint density at radius 3 is 2.65 bits per heavy atom. The molecule has 0 bridgehead atoms. The topological polar surface area (TPSA) is 35.8 Å². The first-order valence-corrected chi connectivity index (χ1v) is 6.96. The molecule has 0 aliphatic heterocycles. The Bertz CT molecular complexity index is 617. The standard InChI is InChI=1S/C17H22N2O/c1-13(18-11-6-12-19(2)3)15-10-9-14-7-4-5-8-16(14)17(15)20/h4-5,7-10,20H,6,11-12H2,1-3H3. The SMILES string of the molecule is CC(=NCCCN(C)C)c1ccc2ccccc2c1O. The largest absolute Gasteiger partial charge is 0.507 e. The van der Waals surface area contributed by atoms with Gasteiger partial charge in [-0.15, -0.1) is 0 Å². The van der Waals surface area contributed by atoms with Gasteiger partial charge in [0.2, 0.25) is 0 Å². The molecule has 0 radical (unpaired) electrons. The lowest BCUT2D eigenvalue weighted by Crippen LogP contribution is -2.13. The maximum Gasteiger partial charge on any atom is 0.132 e. The van der Waals surface area contributed by atoms with E-state index in [0.717, 1.165) is 41.6 Å². The summed E-state index contributed by atoms with van der Waals surface area (Å²) in [4.78, 5) is 6.72. The third-order valence-electron chi connectivity index (χ3n) is 3.40. The van der Waals surface area contributed by atoms with Gasteiger partial charge in [-0.2, -0.15) is 0 Å². The minimum atomic E-state index is 0.331. The van der Waals surface area contributed by atoms with Crippen LogP contribution in [-0.4, -0.2) is 42.9 Å². The fraction of sp³-hybridized carbons (Fsp3) is 0.353. The molecule has 2 aromatic rings. The van der Waals surface area contributed by atoms with Crippen molar-refractivity contribution in [1.29, 1.82) is 0 Å². The molecule has 0 aliphatic carbocycles.